The molecule has 0 saturated carbocycles. The SMILES string of the molecule is O=C(O)CCNC(=O)CCOc1ccc(/C=C/c2ccccn2)cc1. The fourth-order valence-electron chi connectivity index (χ4n) is 1.99. The Labute approximate surface area is 146 Å². The number of hydrogen-bond donors (Lipinski definition) is 2. The molecule has 2 rings (SSSR count). The molecule has 6 heteroatoms. The molecule has 1 aromatic carbocycles. The van der Waals surface area contributed by atoms with Crippen molar-refractivity contribution in [2.45, 2.75) is 12.8 Å². The van der Waals surface area contributed by atoms with E-state index < -0.39 is 5.97 Å². The molecular formula is C19H20N2O4. The standard InChI is InChI=1S/C19H20N2O4/c22-18(21-13-10-19(23)24)11-14-25-17-8-5-15(6-9-17)4-7-16-3-1-2-12-20-16/h1-9,12H,10-11,13-14H2,(H,21,22)(H,23,24)/b7-4+. The summed E-state index contributed by atoms with van der Waals surface area (Å²) < 4.78 is 5.51. The first-order valence-corrected chi connectivity index (χ1v) is 7.94. The fourth-order valence-corrected chi connectivity index (χ4v) is 1.99. The topological polar surface area (TPSA) is 88.5 Å². The number of nitrogens with one attached hydrogen (secondary N) is 1. The van der Waals surface area contributed by atoms with Gasteiger partial charge in [-0.3, -0.25) is 14.6 Å². The molecule has 130 valence electrons. The molecule has 0 bridgehead atoms. The lowest BCUT2D eigenvalue weighted by Crippen LogP contribution is -2.27. The Kier molecular flexibility index (Phi) is 7.18. The lowest BCUT2D eigenvalue weighted by Gasteiger charge is -2.07. The van der Waals surface area contributed by atoms with E-state index in [9.17, 15) is 9.59 Å². The van der Waals surface area contributed by atoms with Crippen LogP contribution in [0.25, 0.3) is 12.2 Å². The second-order valence-electron chi connectivity index (χ2n) is 5.25. The second-order valence-corrected chi connectivity index (χ2v) is 5.25. The van der Waals surface area contributed by atoms with Gasteiger partial charge in [-0.2, -0.15) is 0 Å². The largest absolute Gasteiger partial charge is 0.493 e. The quantitative estimate of drug-likeness (QED) is 0.732. The molecule has 1 aromatic heterocycles. The summed E-state index contributed by atoms with van der Waals surface area (Å²) in [6.07, 6.45) is 5.73. The van der Waals surface area contributed by atoms with Crippen LogP contribution < -0.4 is 10.1 Å². The van der Waals surface area contributed by atoms with Crippen molar-refractivity contribution in [1.82, 2.24) is 10.3 Å². The van der Waals surface area contributed by atoms with E-state index in [0.29, 0.717) is 5.75 Å². The van der Waals surface area contributed by atoms with Gasteiger partial charge in [-0.1, -0.05) is 24.3 Å². The molecule has 0 spiro atoms. The van der Waals surface area contributed by atoms with Crippen LogP contribution in [0.2, 0.25) is 0 Å². The van der Waals surface area contributed by atoms with E-state index in [4.69, 9.17) is 9.84 Å². The molecule has 0 unspecified atom stereocenters. The van der Waals surface area contributed by atoms with E-state index in [0.717, 1.165) is 11.3 Å². The Morgan fingerprint density at radius 2 is 1.88 bits per heavy atom. The molecule has 0 radical (unpaired) electrons. The number of pyridine rings is 1. The summed E-state index contributed by atoms with van der Waals surface area (Å²) in [7, 11) is 0. The van der Waals surface area contributed by atoms with Gasteiger partial charge in [0.25, 0.3) is 0 Å². The highest BCUT2D eigenvalue weighted by atomic mass is 16.5. The molecule has 2 N–H and O–H groups in total. The summed E-state index contributed by atoms with van der Waals surface area (Å²) in [5, 5.41) is 11.0. The Hall–Kier alpha value is -3.15. The van der Waals surface area contributed by atoms with Crippen molar-refractivity contribution in [3.8, 4) is 5.75 Å². The predicted octanol–water partition coefficient (Wildman–Crippen LogP) is 2.61. The van der Waals surface area contributed by atoms with Crippen molar-refractivity contribution >= 4 is 24.0 Å². The minimum absolute atomic E-state index is 0.0833. The number of hydrogen-bond acceptors (Lipinski definition) is 4. The highest BCUT2D eigenvalue weighted by molar-refractivity contribution is 5.76. The molecule has 25 heavy (non-hydrogen) atoms. The number of rotatable bonds is 9. The van der Waals surface area contributed by atoms with E-state index >= 15 is 0 Å². The van der Waals surface area contributed by atoms with Crippen LogP contribution in [0.4, 0.5) is 0 Å². The summed E-state index contributed by atoms with van der Waals surface area (Å²) >= 11 is 0. The summed E-state index contributed by atoms with van der Waals surface area (Å²) in [6, 6.07) is 13.2. The molecule has 1 heterocycles. The number of amides is 1. The summed E-state index contributed by atoms with van der Waals surface area (Å²) in [6.45, 7) is 0.369. The summed E-state index contributed by atoms with van der Waals surface area (Å²) in [5.41, 5.74) is 1.90. The fraction of sp³-hybridized carbons (Fsp3) is 0.211. The number of carboxylic acids is 1. The highest BCUT2D eigenvalue weighted by Crippen LogP contribution is 2.14. The first-order chi connectivity index (χ1) is 12.1. The van der Waals surface area contributed by atoms with Crippen molar-refractivity contribution in [2.75, 3.05) is 13.2 Å². The number of benzene rings is 1. The molecule has 0 aliphatic carbocycles. The van der Waals surface area contributed by atoms with Crippen molar-refractivity contribution in [2.24, 2.45) is 0 Å². The Bertz CT molecular complexity index is 712. The molecule has 6 nitrogen and oxygen atoms in total. The van der Waals surface area contributed by atoms with Crippen LogP contribution in [0.3, 0.4) is 0 Å². The van der Waals surface area contributed by atoms with Crippen LogP contribution in [-0.4, -0.2) is 35.1 Å². The highest BCUT2D eigenvalue weighted by Gasteiger charge is 2.03. The van der Waals surface area contributed by atoms with E-state index in [1.807, 2.05) is 54.6 Å². The third kappa shape index (κ3) is 7.30. The normalized spacial score (nSPS) is 10.6. The van der Waals surface area contributed by atoms with E-state index in [1.54, 1.807) is 6.20 Å². The third-order valence-electron chi connectivity index (χ3n) is 3.27. The van der Waals surface area contributed by atoms with Crippen molar-refractivity contribution in [1.29, 1.82) is 0 Å². The van der Waals surface area contributed by atoms with Gasteiger partial charge >= 0.3 is 5.97 Å². The van der Waals surface area contributed by atoms with Crippen molar-refractivity contribution < 1.29 is 19.4 Å². The van der Waals surface area contributed by atoms with Crippen LogP contribution in [0.1, 0.15) is 24.1 Å². The van der Waals surface area contributed by atoms with Crippen LogP contribution in [0, 0.1) is 0 Å². The van der Waals surface area contributed by atoms with Crippen LogP contribution >= 0.6 is 0 Å². The number of ether oxygens (including phenoxy) is 1. The van der Waals surface area contributed by atoms with Gasteiger partial charge in [0.05, 0.1) is 25.1 Å². The zero-order valence-electron chi connectivity index (χ0n) is 13.7. The third-order valence-corrected chi connectivity index (χ3v) is 3.27. The molecule has 0 atom stereocenters. The van der Waals surface area contributed by atoms with Crippen LogP contribution in [0.15, 0.2) is 48.7 Å². The lowest BCUT2D eigenvalue weighted by molar-refractivity contribution is -0.136. The number of carbonyl (C=O) groups excluding carboxylic acids is 1. The maximum Gasteiger partial charge on any atom is 0.305 e. The van der Waals surface area contributed by atoms with Gasteiger partial charge in [0.15, 0.2) is 0 Å². The van der Waals surface area contributed by atoms with Crippen molar-refractivity contribution in [3.05, 3.63) is 59.9 Å². The minimum atomic E-state index is -0.936. The Morgan fingerprint density at radius 3 is 2.56 bits per heavy atom. The molecule has 2 aromatic rings. The maximum absolute atomic E-state index is 11.5. The molecule has 1 amide bonds. The summed E-state index contributed by atoms with van der Waals surface area (Å²) in [4.78, 5) is 26.1. The first kappa shape index (κ1) is 18.2. The monoisotopic (exact) mass is 340 g/mol. The van der Waals surface area contributed by atoms with Gasteiger partial charge < -0.3 is 15.2 Å². The van der Waals surface area contributed by atoms with Crippen LogP contribution in [0.5, 0.6) is 5.75 Å². The molecule has 0 aliphatic rings. The average molecular weight is 340 g/mol. The molecule has 0 aliphatic heterocycles. The zero-order valence-corrected chi connectivity index (χ0v) is 13.7. The van der Waals surface area contributed by atoms with Gasteiger partial charge in [-0.15, -0.1) is 0 Å². The number of aliphatic carboxylic acids is 1. The number of nitrogens with zero attached hydrogens (tertiary/aromatic N) is 1. The van der Waals surface area contributed by atoms with Gasteiger partial charge in [0.1, 0.15) is 5.75 Å². The number of carbonyl (C=O) groups is 2. The Balaban J connectivity index is 1.72. The van der Waals surface area contributed by atoms with E-state index in [1.165, 1.54) is 0 Å². The van der Waals surface area contributed by atoms with Crippen molar-refractivity contribution in [3.63, 3.8) is 0 Å². The van der Waals surface area contributed by atoms with Gasteiger partial charge in [0.2, 0.25) is 5.91 Å². The number of aromatic nitrogens is 1. The van der Waals surface area contributed by atoms with Crippen LogP contribution in [-0.2, 0) is 9.59 Å². The lowest BCUT2D eigenvalue weighted by atomic mass is 10.2. The molecule has 0 saturated heterocycles. The smallest absolute Gasteiger partial charge is 0.305 e. The number of carboxylic acid groups (broad SMARTS) is 1. The second kappa shape index (κ2) is 9.87. The molecule has 0 fully saturated rings. The average Bonchev–Trinajstić information content (AvgIpc) is 2.61. The molecular weight excluding hydrogens is 320 g/mol. The van der Waals surface area contributed by atoms with Gasteiger partial charge in [-0.05, 0) is 35.9 Å². The van der Waals surface area contributed by atoms with Gasteiger partial charge in [-0.25, -0.2) is 0 Å². The van der Waals surface area contributed by atoms with E-state index in [2.05, 4.69) is 10.3 Å². The first-order valence-electron chi connectivity index (χ1n) is 7.94. The Morgan fingerprint density at radius 1 is 1.08 bits per heavy atom. The zero-order chi connectivity index (χ0) is 17.9. The van der Waals surface area contributed by atoms with E-state index in [-0.39, 0.29) is 31.9 Å². The summed E-state index contributed by atoms with van der Waals surface area (Å²) in [5.74, 6) is -0.488. The van der Waals surface area contributed by atoms with Gasteiger partial charge in [0, 0.05) is 12.7 Å². The minimum Gasteiger partial charge on any atom is -0.493 e. The predicted molar refractivity (Wildman–Crippen MR) is 95.0 cm³/mol. The maximum atomic E-state index is 11.5.